The molecular weight excluding hydrogens is 330 g/mol. The number of carbonyl (C=O) groups excluding carboxylic acids is 1. The van der Waals surface area contributed by atoms with Gasteiger partial charge >= 0.3 is 0 Å². The minimum Gasteiger partial charge on any atom is -0.378 e. The van der Waals surface area contributed by atoms with Crippen molar-refractivity contribution in [1.82, 2.24) is 14.7 Å². The van der Waals surface area contributed by atoms with Crippen molar-refractivity contribution in [2.24, 2.45) is 0 Å². The molecule has 3 heterocycles. The van der Waals surface area contributed by atoms with Crippen LogP contribution >= 0.6 is 0 Å². The summed E-state index contributed by atoms with van der Waals surface area (Å²) in [5.74, 6) is 0.0682. The summed E-state index contributed by atoms with van der Waals surface area (Å²) in [4.78, 5) is 14.9. The van der Waals surface area contributed by atoms with E-state index >= 15 is 0 Å². The summed E-state index contributed by atoms with van der Waals surface area (Å²) >= 11 is 0. The van der Waals surface area contributed by atoms with Crippen LogP contribution in [0.2, 0.25) is 0 Å². The van der Waals surface area contributed by atoms with Crippen LogP contribution in [0.3, 0.4) is 0 Å². The molecular formula is C20H25N3O3. The summed E-state index contributed by atoms with van der Waals surface area (Å²) in [5.41, 5.74) is 1.37. The Morgan fingerprint density at radius 2 is 2.15 bits per heavy atom. The summed E-state index contributed by atoms with van der Waals surface area (Å²) in [6.45, 7) is 2.19. The highest BCUT2D eigenvalue weighted by Crippen LogP contribution is 2.37. The minimum atomic E-state index is -0.222. The van der Waals surface area contributed by atoms with Crippen LogP contribution in [-0.2, 0) is 9.47 Å². The monoisotopic (exact) mass is 355 g/mol. The largest absolute Gasteiger partial charge is 0.378 e. The van der Waals surface area contributed by atoms with Gasteiger partial charge in [-0.1, -0.05) is 6.07 Å². The minimum absolute atomic E-state index is 0.0682. The van der Waals surface area contributed by atoms with Gasteiger partial charge in [-0.15, -0.1) is 0 Å². The van der Waals surface area contributed by atoms with Gasteiger partial charge in [-0.05, 0) is 49.9 Å². The maximum absolute atomic E-state index is 13.0. The van der Waals surface area contributed by atoms with Crippen molar-refractivity contribution in [3.8, 4) is 5.69 Å². The third-order valence-electron chi connectivity index (χ3n) is 5.63. The van der Waals surface area contributed by atoms with Crippen LogP contribution < -0.4 is 0 Å². The van der Waals surface area contributed by atoms with E-state index in [9.17, 15) is 4.79 Å². The highest BCUT2D eigenvalue weighted by molar-refractivity contribution is 5.94. The first kappa shape index (κ1) is 17.2. The van der Waals surface area contributed by atoms with Gasteiger partial charge < -0.3 is 14.4 Å². The molecule has 1 unspecified atom stereocenters. The quantitative estimate of drug-likeness (QED) is 0.849. The summed E-state index contributed by atoms with van der Waals surface area (Å²) in [7, 11) is 1.76. The van der Waals surface area contributed by atoms with Gasteiger partial charge in [0.25, 0.3) is 5.91 Å². The molecule has 2 fully saturated rings. The van der Waals surface area contributed by atoms with E-state index in [4.69, 9.17) is 9.47 Å². The number of piperidine rings is 1. The van der Waals surface area contributed by atoms with Crippen molar-refractivity contribution < 1.29 is 14.3 Å². The maximum atomic E-state index is 13.0. The number of benzene rings is 1. The molecule has 2 aliphatic heterocycles. The van der Waals surface area contributed by atoms with Gasteiger partial charge in [0.15, 0.2) is 0 Å². The molecule has 0 saturated carbocycles. The number of likely N-dealkylation sites (tertiary alicyclic amines) is 1. The smallest absolute Gasteiger partial charge is 0.253 e. The van der Waals surface area contributed by atoms with Crippen LogP contribution in [-0.4, -0.2) is 59.1 Å². The van der Waals surface area contributed by atoms with Crippen molar-refractivity contribution in [2.45, 2.75) is 37.4 Å². The lowest BCUT2D eigenvalue weighted by atomic mass is 9.81. The second-order valence-electron chi connectivity index (χ2n) is 7.07. The molecule has 0 radical (unpaired) electrons. The van der Waals surface area contributed by atoms with Crippen molar-refractivity contribution in [1.29, 1.82) is 0 Å². The first-order chi connectivity index (χ1) is 12.7. The predicted octanol–water partition coefficient (Wildman–Crippen LogP) is 2.67. The van der Waals surface area contributed by atoms with Gasteiger partial charge in [0.05, 0.1) is 17.4 Å². The molecule has 26 heavy (non-hydrogen) atoms. The Kier molecular flexibility index (Phi) is 4.78. The number of ether oxygens (including phenoxy) is 2. The lowest BCUT2D eigenvalue weighted by molar-refractivity contribution is -0.183. The summed E-state index contributed by atoms with van der Waals surface area (Å²) in [6, 6.07) is 9.49. The molecule has 1 amide bonds. The summed E-state index contributed by atoms with van der Waals surface area (Å²) in [5, 5.41) is 4.24. The van der Waals surface area contributed by atoms with Gasteiger partial charge in [-0.25, -0.2) is 4.68 Å². The zero-order chi connectivity index (χ0) is 18.0. The highest BCUT2D eigenvalue weighted by Gasteiger charge is 2.45. The van der Waals surface area contributed by atoms with Gasteiger partial charge in [0, 0.05) is 44.8 Å². The Balaban J connectivity index is 1.46. The molecule has 2 aliphatic rings. The predicted molar refractivity (Wildman–Crippen MR) is 97.4 cm³/mol. The number of rotatable bonds is 3. The Morgan fingerprint density at radius 3 is 2.88 bits per heavy atom. The molecule has 1 spiro atoms. The third kappa shape index (κ3) is 3.15. The van der Waals surface area contributed by atoms with Gasteiger partial charge in [0.1, 0.15) is 0 Å². The van der Waals surface area contributed by atoms with E-state index in [1.165, 1.54) is 0 Å². The molecule has 0 N–H and O–H groups in total. The second kappa shape index (κ2) is 7.21. The maximum Gasteiger partial charge on any atom is 0.253 e. The number of hydrogen-bond acceptors (Lipinski definition) is 4. The van der Waals surface area contributed by atoms with Crippen LogP contribution in [0.4, 0.5) is 0 Å². The van der Waals surface area contributed by atoms with E-state index in [1.54, 1.807) is 18.0 Å². The fourth-order valence-corrected chi connectivity index (χ4v) is 4.17. The molecule has 6 nitrogen and oxygen atoms in total. The zero-order valence-corrected chi connectivity index (χ0v) is 15.1. The van der Waals surface area contributed by atoms with Crippen LogP contribution in [0, 0.1) is 0 Å². The topological polar surface area (TPSA) is 56.6 Å². The molecule has 2 saturated heterocycles. The fraction of sp³-hybridized carbons (Fsp3) is 0.500. The average molecular weight is 355 g/mol. The first-order valence-corrected chi connectivity index (χ1v) is 9.28. The van der Waals surface area contributed by atoms with Gasteiger partial charge in [-0.2, -0.15) is 5.10 Å². The van der Waals surface area contributed by atoms with Crippen LogP contribution in [0.1, 0.15) is 36.0 Å². The highest BCUT2D eigenvalue weighted by atomic mass is 16.5. The van der Waals surface area contributed by atoms with Crippen molar-refractivity contribution in [3.05, 3.63) is 48.3 Å². The number of carbonyl (C=O) groups is 1. The first-order valence-electron chi connectivity index (χ1n) is 9.28. The van der Waals surface area contributed by atoms with Crippen molar-refractivity contribution >= 4 is 5.91 Å². The van der Waals surface area contributed by atoms with Gasteiger partial charge in [0.2, 0.25) is 0 Å². The van der Waals surface area contributed by atoms with E-state index in [0.29, 0.717) is 18.7 Å². The number of hydrogen-bond donors (Lipinski definition) is 0. The Bertz CT molecular complexity index is 751. The summed E-state index contributed by atoms with van der Waals surface area (Å²) < 4.78 is 13.6. The van der Waals surface area contributed by atoms with Gasteiger partial charge in [-0.3, -0.25) is 4.79 Å². The molecule has 138 valence electrons. The van der Waals surface area contributed by atoms with E-state index in [-0.39, 0.29) is 17.6 Å². The average Bonchev–Trinajstić information content (AvgIpc) is 3.23. The SMILES string of the molecule is COC1CCCOC12CCN(C(=O)c1cccc(-n3cccn3)c1)CC2. The Labute approximate surface area is 153 Å². The van der Waals surface area contributed by atoms with E-state index in [0.717, 1.165) is 38.0 Å². The Hall–Kier alpha value is -2.18. The third-order valence-corrected chi connectivity index (χ3v) is 5.63. The lowest BCUT2D eigenvalue weighted by Crippen LogP contribution is -2.56. The molecule has 6 heteroatoms. The van der Waals surface area contributed by atoms with Crippen LogP contribution in [0.25, 0.3) is 5.69 Å². The Morgan fingerprint density at radius 1 is 1.31 bits per heavy atom. The van der Waals surface area contributed by atoms with E-state index < -0.39 is 0 Å². The molecule has 0 bridgehead atoms. The summed E-state index contributed by atoms with van der Waals surface area (Å²) in [6.07, 6.45) is 7.48. The van der Waals surface area contributed by atoms with Crippen molar-refractivity contribution in [3.63, 3.8) is 0 Å². The van der Waals surface area contributed by atoms with E-state index in [2.05, 4.69) is 5.10 Å². The molecule has 1 atom stereocenters. The lowest BCUT2D eigenvalue weighted by Gasteiger charge is -2.48. The fourth-order valence-electron chi connectivity index (χ4n) is 4.17. The molecule has 1 aromatic heterocycles. The van der Waals surface area contributed by atoms with E-state index in [1.807, 2.05) is 41.4 Å². The number of aromatic nitrogens is 2. The second-order valence-corrected chi connectivity index (χ2v) is 7.07. The van der Waals surface area contributed by atoms with Crippen LogP contribution in [0.5, 0.6) is 0 Å². The number of nitrogens with zero attached hydrogens (tertiary/aromatic N) is 3. The molecule has 2 aromatic rings. The number of amides is 1. The number of methoxy groups -OCH3 is 1. The standard InChI is InChI=1S/C20H25N3O3/c1-25-18-7-3-14-26-20(18)8-12-22(13-9-20)19(24)16-5-2-6-17(15-16)23-11-4-10-21-23/h2,4-6,10-11,15,18H,3,7-9,12-14H2,1H3. The van der Waals surface area contributed by atoms with Crippen molar-refractivity contribution in [2.75, 3.05) is 26.8 Å². The molecule has 0 aliphatic carbocycles. The zero-order valence-electron chi connectivity index (χ0n) is 15.1. The van der Waals surface area contributed by atoms with Crippen LogP contribution in [0.15, 0.2) is 42.7 Å². The molecule has 4 rings (SSSR count). The normalized spacial score (nSPS) is 22.5. The molecule has 1 aromatic carbocycles.